The number of halogens is 1. The maximum Gasteiger partial charge on any atom is 0.236 e. The third-order valence-electron chi connectivity index (χ3n) is 7.04. The number of aromatic amines is 2. The fourth-order valence-electron chi connectivity index (χ4n) is 5.35. The van der Waals surface area contributed by atoms with Gasteiger partial charge in [-0.15, -0.1) is 0 Å². The molecule has 1 aliphatic heterocycles. The zero-order valence-corrected chi connectivity index (χ0v) is 21.0. The summed E-state index contributed by atoms with van der Waals surface area (Å²) in [4.78, 5) is 20.1. The molecule has 2 aromatic carbocycles. The predicted molar refractivity (Wildman–Crippen MR) is 140 cm³/mol. The van der Waals surface area contributed by atoms with E-state index in [1.54, 1.807) is 0 Å². The van der Waals surface area contributed by atoms with Gasteiger partial charge in [0.05, 0.1) is 29.0 Å². The number of amides is 1. The molecule has 7 heteroatoms. The molecular weight excluding hydrogens is 446 g/mol. The van der Waals surface area contributed by atoms with Crippen molar-refractivity contribution in [3.8, 4) is 11.3 Å². The molecule has 0 unspecified atom stereocenters. The molecule has 1 amide bonds. The lowest BCUT2D eigenvalue weighted by Crippen LogP contribution is -2.42. The SMILES string of the molecule is CC(C)c1c(-c2ccc(Cl)c3[nH]ncc23)[nH]c2ccc(C3CCN(C(=O)CN(C)C)CC3)cc12. The highest BCUT2D eigenvalue weighted by molar-refractivity contribution is 6.35. The van der Waals surface area contributed by atoms with Crippen LogP contribution in [0.25, 0.3) is 33.1 Å². The standard InChI is InChI=1S/C27H32ClN5O/c1-16(2)25-20-13-18(17-9-11-33(12-10-17)24(34)15-32(3)4)5-8-23(20)30-27(25)19-6-7-22(28)26-21(19)14-29-31-26/h5-8,13-14,16-17,30H,9-12,15H2,1-4H3,(H,29,31). The van der Waals surface area contributed by atoms with Crippen molar-refractivity contribution in [2.75, 3.05) is 33.7 Å². The molecule has 178 valence electrons. The maximum atomic E-state index is 12.4. The number of fused-ring (bicyclic) bond motifs is 2. The summed E-state index contributed by atoms with van der Waals surface area (Å²) in [5, 5.41) is 10.2. The number of rotatable bonds is 5. The molecule has 0 bridgehead atoms. The van der Waals surface area contributed by atoms with Crippen molar-refractivity contribution in [3.63, 3.8) is 0 Å². The van der Waals surface area contributed by atoms with Crippen LogP contribution in [0.5, 0.6) is 0 Å². The summed E-state index contributed by atoms with van der Waals surface area (Å²) in [5.41, 5.74) is 6.94. The second kappa shape index (κ2) is 9.08. The molecule has 0 atom stereocenters. The van der Waals surface area contributed by atoms with Gasteiger partial charge in [-0.2, -0.15) is 5.10 Å². The monoisotopic (exact) mass is 477 g/mol. The zero-order valence-electron chi connectivity index (χ0n) is 20.3. The highest BCUT2D eigenvalue weighted by Gasteiger charge is 2.25. The molecule has 6 nitrogen and oxygen atoms in total. The van der Waals surface area contributed by atoms with Gasteiger partial charge in [-0.1, -0.05) is 37.6 Å². The average molecular weight is 478 g/mol. The van der Waals surface area contributed by atoms with E-state index in [0.29, 0.717) is 23.4 Å². The first kappa shape index (κ1) is 22.9. The molecule has 34 heavy (non-hydrogen) atoms. The third kappa shape index (κ3) is 4.10. The molecule has 0 radical (unpaired) electrons. The number of likely N-dealkylation sites (tertiary alicyclic amines) is 1. The Balaban J connectivity index is 1.48. The number of carbonyl (C=O) groups is 1. The Kier molecular flexibility index (Phi) is 6.13. The van der Waals surface area contributed by atoms with E-state index >= 15 is 0 Å². The number of H-pyrrole nitrogens is 2. The highest BCUT2D eigenvalue weighted by Crippen LogP contribution is 2.41. The zero-order chi connectivity index (χ0) is 24.0. The van der Waals surface area contributed by atoms with E-state index < -0.39 is 0 Å². The lowest BCUT2D eigenvalue weighted by molar-refractivity contribution is -0.132. The van der Waals surface area contributed by atoms with E-state index in [4.69, 9.17) is 11.6 Å². The van der Waals surface area contributed by atoms with Crippen LogP contribution in [0.4, 0.5) is 0 Å². The molecule has 1 aliphatic rings. The first-order valence-corrected chi connectivity index (χ1v) is 12.4. The second-order valence-corrected chi connectivity index (χ2v) is 10.4. The first-order chi connectivity index (χ1) is 16.3. The number of carbonyl (C=O) groups excluding carboxylic acids is 1. The number of piperidine rings is 1. The first-order valence-electron chi connectivity index (χ1n) is 12.0. The van der Waals surface area contributed by atoms with E-state index in [-0.39, 0.29) is 5.91 Å². The van der Waals surface area contributed by atoms with Crippen molar-refractivity contribution in [3.05, 3.63) is 52.7 Å². The van der Waals surface area contributed by atoms with Crippen LogP contribution in [0, 0.1) is 0 Å². The second-order valence-electron chi connectivity index (χ2n) is 10.0. The molecular formula is C27H32ClN5O. The lowest BCUT2D eigenvalue weighted by Gasteiger charge is -2.33. The molecule has 4 aromatic rings. The number of nitrogens with zero attached hydrogens (tertiary/aromatic N) is 3. The summed E-state index contributed by atoms with van der Waals surface area (Å²) in [6, 6.07) is 10.9. The number of hydrogen-bond donors (Lipinski definition) is 2. The molecule has 5 rings (SSSR count). The van der Waals surface area contributed by atoms with E-state index in [2.05, 4.69) is 53.3 Å². The van der Waals surface area contributed by atoms with Gasteiger partial charge in [0.1, 0.15) is 0 Å². The van der Waals surface area contributed by atoms with Crippen molar-refractivity contribution >= 4 is 39.3 Å². The predicted octanol–water partition coefficient (Wildman–Crippen LogP) is 5.76. The van der Waals surface area contributed by atoms with Gasteiger partial charge < -0.3 is 14.8 Å². The van der Waals surface area contributed by atoms with Gasteiger partial charge in [0.2, 0.25) is 5.91 Å². The number of hydrogen-bond acceptors (Lipinski definition) is 3. The van der Waals surface area contributed by atoms with Crippen LogP contribution < -0.4 is 0 Å². The smallest absolute Gasteiger partial charge is 0.236 e. The summed E-state index contributed by atoms with van der Waals surface area (Å²) in [6.45, 7) is 6.63. The fraction of sp³-hybridized carbons (Fsp3) is 0.407. The molecule has 2 N–H and O–H groups in total. The topological polar surface area (TPSA) is 68.0 Å². The van der Waals surface area contributed by atoms with Crippen molar-refractivity contribution < 1.29 is 4.79 Å². The van der Waals surface area contributed by atoms with E-state index in [0.717, 1.165) is 53.6 Å². The summed E-state index contributed by atoms with van der Waals surface area (Å²) < 4.78 is 0. The lowest BCUT2D eigenvalue weighted by atomic mass is 9.87. The minimum Gasteiger partial charge on any atom is -0.354 e. The van der Waals surface area contributed by atoms with E-state index in [1.807, 2.05) is 36.2 Å². The van der Waals surface area contributed by atoms with Crippen LogP contribution in [0.2, 0.25) is 5.02 Å². The summed E-state index contributed by atoms with van der Waals surface area (Å²) in [5.74, 6) is 1.05. The van der Waals surface area contributed by atoms with E-state index in [1.165, 1.54) is 16.5 Å². The Hall–Kier alpha value is -2.83. The number of likely N-dealkylation sites (N-methyl/N-ethyl adjacent to an activating group) is 1. The fourth-order valence-corrected chi connectivity index (χ4v) is 5.56. The Morgan fingerprint density at radius 1 is 1.18 bits per heavy atom. The molecule has 0 spiro atoms. The van der Waals surface area contributed by atoms with Crippen LogP contribution in [-0.4, -0.2) is 64.6 Å². The summed E-state index contributed by atoms with van der Waals surface area (Å²) in [6.07, 6.45) is 3.86. The van der Waals surface area contributed by atoms with Crippen molar-refractivity contribution in [2.45, 2.75) is 38.5 Å². The number of aromatic nitrogens is 3. The Labute approximate surface area is 205 Å². The van der Waals surface area contributed by atoms with Crippen LogP contribution >= 0.6 is 11.6 Å². The summed E-state index contributed by atoms with van der Waals surface area (Å²) >= 11 is 6.39. The molecule has 0 saturated carbocycles. The van der Waals surface area contributed by atoms with Crippen molar-refractivity contribution in [2.24, 2.45) is 0 Å². The number of nitrogens with one attached hydrogen (secondary N) is 2. The third-order valence-corrected chi connectivity index (χ3v) is 7.36. The molecule has 2 aromatic heterocycles. The minimum atomic E-state index is 0.227. The van der Waals surface area contributed by atoms with E-state index in [9.17, 15) is 4.79 Å². The average Bonchev–Trinajstić information content (AvgIpc) is 3.44. The van der Waals surface area contributed by atoms with Crippen LogP contribution in [-0.2, 0) is 4.79 Å². The van der Waals surface area contributed by atoms with Gasteiger partial charge in [-0.25, -0.2) is 0 Å². The maximum absolute atomic E-state index is 12.4. The van der Waals surface area contributed by atoms with Gasteiger partial charge in [0.15, 0.2) is 0 Å². The van der Waals surface area contributed by atoms with Crippen LogP contribution in [0.3, 0.4) is 0 Å². The Bertz CT molecular complexity index is 1340. The van der Waals surface area contributed by atoms with Crippen LogP contribution in [0.15, 0.2) is 36.5 Å². The van der Waals surface area contributed by atoms with Crippen molar-refractivity contribution in [1.29, 1.82) is 0 Å². The van der Waals surface area contributed by atoms with Gasteiger partial charge in [-0.3, -0.25) is 9.89 Å². The van der Waals surface area contributed by atoms with Crippen LogP contribution in [0.1, 0.15) is 49.7 Å². The summed E-state index contributed by atoms with van der Waals surface area (Å²) in [7, 11) is 3.89. The Morgan fingerprint density at radius 3 is 2.65 bits per heavy atom. The quantitative estimate of drug-likeness (QED) is 0.384. The number of benzene rings is 2. The largest absolute Gasteiger partial charge is 0.354 e. The molecule has 1 saturated heterocycles. The Morgan fingerprint density at radius 2 is 1.94 bits per heavy atom. The molecule has 3 heterocycles. The van der Waals surface area contributed by atoms with Gasteiger partial charge in [-0.05, 0) is 68.1 Å². The van der Waals surface area contributed by atoms with Gasteiger partial charge >= 0.3 is 0 Å². The molecule has 0 aliphatic carbocycles. The highest BCUT2D eigenvalue weighted by atomic mass is 35.5. The van der Waals surface area contributed by atoms with Gasteiger partial charge in [0, 0.05) is 34.9 Å². The normalized spacial score (nSPS) is 15.3. The minimum absolute atomic E-state index is 0.227. The van der Waals surface area contributed by atoms with Crippen molar-refractivity contribution in [1.82, 2.24) is 25.0 Å². The molecule has 1 fully saturated rings. The van der Waals surface area contributed by atoms with Gasteiger partial charge in [0.25, 0.3) is 0 Å².